The highest BCUT2D eigenvalue weighted by molar-refractivity contribution is 14.1. The van der Waals surface area contributed by atoms with Crippen molar-refractivity contribution in [1.82, 2.24) is 0 Å². The van der Waals surface area contributed by atoms with Crippen LogP contribution < -0.4 is 10.1 Å². The summed E-state index contributed by atoms with van der Waals surface area (Å²) < 4.78 is 6.15. The second-order valence-electron chi connectivity index (χ2n) is 2.22. The Hall–Kier alpha value is -0.160. The van der Waals surface area contributed by atoms with Crippen molar-refractivity contribution in [2.24, 2.45) is 0 Å². The summed E-state index contributed by atoms with van der Waals surface area (Å²) in [5.74, 6) is 0.696. The third-order valence-corrected chi connectivity index (χ3v) is 2.70. The molecule has 4 heteroatoms. The van der Waals surface area contributed by atoms with Crippen LogP contribution >= 0.6 is 34.2 Å². The van der Waals surface area contributed by atoms with Gasteiger partial charge in [-0.3, -0.25) is 0 Å². The fourth-order valence-electron chi connectivity index (χ4n) is 0.877. The zero-order chi connectivity index (χ0) is 9.14. The normalized spacial score (nSPS) is 9.67. The first-order valence-corrected chi connectivity index (χ1v) is 4.85. The molecule has 0 aliphatic carbocycles. The summed E-state index contributed by atoms with van der Waals surface area (Å²) >= 11 is 8.12. The van der Waals surface area contributed by atoms with Gasteiger partial charge in [0.1, 0.15) is 5.75 Å². The Kier molecular flexibility index (Phi) is 3.46. The average Bonchev–Trinajstić information content (AvgIpc) is 2.05. The molecule has 0 aromatic heterocycles. The van der Waals surface area contributed by atoms with Crippen LogP contribution in [0.3, 0.4) is 0 Å². The Morgan fingerprint density at radius 3 is 2.67 bits per heavy atom. The molecule has 0 atom stereocenters. The zero-order valence-corrected chi connectivity index (χ0v) is 9.73. The summed E-state index contributed by atoms with van der Waals surface area (Å²) in [7, 11) is 3.47. The molecular formula is C8H9ClINO. The summed E-state index contributed by atoms with van der Waals surface area (Å²) in [6.07, 6.45) is 0. The summed E-state index contributed by atoms with van der Waals surface area (Å²) in [6, 6.07) is 3.75. The minimum absolute atomic E-state index is 0.640. The van der Waals surface area contributed by atoms with Crippen molar-refractivity contribution in [2.45, 2.75) is 0 Å². The van der Waals surface area contributed by atoms with Crippen molar-refractivity contribution >= 4 is 39.9 Å². The molecule has 1 N–H and O–H groups in total. The molecule has 0 heterocycles. The number of rotatable bonds is 2. The van der Waals surface area contributed by atoms with Crippen LogP contribution in [0.15, 0.2) is 12.1 Å². The molecule has 12 heavy (non-hydrogen) atoms. The maximum atomic E-state index is 5.90. The van der Waals surface area contributed by atoms with E-state index < -0.39 is 0 Å². The largest absolute Gasteiger partial charge is 0.495 e. The molecule has 0 aliphatic rings. The zero-order valence-electron chi connectivity index (χ0n) is 6.82. The van der Waals surface area contributed by atoms with Crippen LogP contribution in [0.4, 0.5) is 5.69 Å². The van der Waals surface area contributed by atoms with E-state index in [9.17, 15) is 0 Å². The van der Waals surface area contributed by atoms with E-state index >= 15 is 0 Å². The topological polar surface area (TPSA) is 21.3 Å². The molecule has 0 saturated heterocycles. The number of methoxy groups -OCH3 is 1. The van der Waals surface area contributed by atoms with Crippen molar-refractivity contribution in [3.8, 4) is 5.75 Å². The van der Waals surface area contributed by atoms with Crippen molar-refractivity contribution in [2.75, 3.05) is 19.5 Å². The van der Waals surface area contributed by atoms with E-state index in [2.05, 4.69) is 27.9 Å². The SMILES string of the molecule is CNc1cc(OC)c(Cl)cc1I. The highest BCUT2D eigenvalue weighted by atomic mass is 127. The molecule has 0 spiro atoms. The third kappa shape index (κ3) is 1.95. The lowest BCUT2D eigenvalue weighted by molar-refractivity contribution is 0.415. The van der Waals surface area contributed by atoms with Gasteiger partial charge in [0.05, 0.1) is 17.8 Å². The lowest BCUT2D eigenvalue weighted by Gasteiger charge is -2.08. The van der Waals surface area contributed by atoms with Crippen LogP contribution in [-0.4, -0.2) is 14.2 Å². The first kappa shape index (κ1) is 9.92. The lowest BCUT2D eigenvalue weighted by atomic mass is 10.3. The molecule has 2 nitrogen and oxygen atoms in total. The Bertz CT molecular complexity index is 265. The number of halogens is 2. The van der Waals surface area contributed by atoms with E-state index in [1.807, 2.05) is 19.2 Å². The molecule has 0 bridgehead atoms. The Labute approximate surface area is 90.4 Å². The van der Waals surface area contributed by atoms with Crippen LogP contribution in [0.1, 0.15) is 0 Å². The monoisotopic (exact) mass is 297 g/mol. The van der Waals surface area contributed by atoms with Gasteiger partial charge in [-0.2, -0.15) is 0 Å². The maximum absolute atomic E-state index is 5.90. The highest BCUT2D eigenvalue weighted by Gasteiger charge is 2.05. The van der Waals surface area contributed by atoms with Crippen molar-refractivity contribution in [3.63, 3.8) is 0 Å². The minimum Gasteiger partial charge on any atom is -0.495 e. The van der Waals surface area contributed by atoms with E-state index in [0.29, 0.717) is 10.8 Å². The smallest absolute Gasteiger partial charge is 0.139 e. The van der Waals surface area contributed by atoms with Gasteiger partial charge in [0, 0.05) is 16.7 Å². The van der Waals surface area contributed by atoms with Crippen LogP contribution in [0, 0.1) is 3.57 Å². The molecule has 0 saturated carbocycles. The van der Waals surface area contributed by atoms with Crippen LogP contribution in [0.5, 0.6) is 5.75 Å². The minimum atomic E-state index is 0.640. The van der Waals surface area contributed by atoms with Gasteiger partial charge in [0.15, 0.2) is 0 Å². The van der Waals surface area contributed by atoms with E-state index in [1.54, 1.807) is 7.11 Å². The third-order valence-electron chi connectivity index (χ3n) is 1.51. The van der Waals surface area contributed by atoms with Crippen molar-refractivity contribution < 1.29 is 4.74 Å². The molecule has 0 amide bonds. The number of anilines is 1. The molecular weight excluding hydrogens is 288 g/mol. The number of ether oxygens (including phenoxy) is 1. The Morgan fingerprint density at radius 1 is 1.50 bits per heavy atom. The van der Waals surface area contributed by atoms with Crippen LogP contribution in [0.2, 0.25) is 5.02 Å². The Morgan fingerprint density at radius 2 is 2.17 bits per heavy atom. The average molecular weight is 298 g/mol. The predicted molar refractivity (Wildman–Crippen MR) is 60.3 cm³/mol. The van der Waals surface area contributed by atoms with Crippen molar-refractivity contribution in [3.05, 3.63) is 20.7 Å². The quantitative estimate of drug-likeness (QED) is 0.847. The number of hydrogen-bond donors (Lipinski definition) is 1. The molecule has 0 radical (unpaired) electrons. The molecule has 0 unspecified atom stereocenters. The van der Waals surface area contributed by atoms with Gasteiger partial charge in [-0.25, -0.2) is 0 Å². The van der Waals surface area contributed by atoms with Gasteiger partial charge in [0.25, 0.3) is 0 Å². The second kappa shape index (κ2) is 4.18. The number of nitrogens with one attached hydrogen (secondary N) is 1. The summed E-state index contributed by atoms with van der Waals surface area (Å²) in [5, 5.41) is 3.69. The molecule has 0 fully saturated rings. The van der Waals surface area contributed by atoms with Crippen LogP contribution in [0.25, 0.3) is 0 Å². The van der Waals surface area contributed by atoms with Gasteiger partial charge >= 0.3 is 0 Å². The predicted octanol–water partition coefficient (Wildman–Crippen LogP) is 2.99. The summed E-state index contributed by atoms with van der Waals surface area (Å²) in [4.78, 5) is 0. The Balaban J connectivity index is 3.18. The first-order chi connectivity index (χ1) is 5.69. The van der Waals surface area contributed by atoms with Gasteiger partial charge < -0.3 is 10.1 Å². The fourth-order valence-corrected chi connectivity index (χ4v) is 2.04. The van der Waals surface area contributed by atoms with Crippen molar-refractivity contribution in [1.29, 1.82) is 0 Å². The van der Waals surface area contributed by atoms with E-state index in [-0.39, 0.29) is 0 Å². The molecule has 66 valence electrons. The maximum Gasteiger partial charge on any atom is 0.139 e. The number of benzene rings is 1. The second-order valence-corrected chi connectivity index (χ2v) is 3.79. The highest BCUT2D eigenvalue weighted by Crippen LogP contribution is 2.31. The summed E-state index contributed by atoms with van der Waals surface area (Å²) in [5.41, 5.74) is 1.02. The van der Waals surface area contributed by atoms with Gasteiger partial charge in [0.2, 0.25) is 0 Å². The van der Waals surface area contributed by atoms with E-state index in [4.69, 9.17) is 16.3 Å². The molecule has 0 aliphatic heterocycles. The van der Waals surface area contributed by atoms with Gasteiger partial charge in [-0.05, 0) is 28.7 Å². The standard InChI is InChI=1S/C8H9ClINO/c1-11-7-4-8(12-2)5(9)3-6(7)10/h3-4,11H,1-2H3. The van der Waals surface area contributed by atoms with E-state index in [1.165, 1.54) is 0 Å². The number of hydrogen-bond acceptors (Lipinski definition) is 2. The van der Waals surface area contributed by atoms with E-state index in [0.717, 1.165) is 9.26 Å². The van der Waals surface area contributed by atoms with Gasteiger partial charge in [-0.15, -0.1) is 0 Å². The molecule has 1 rings (SSSR count). The molecule has 1 aromatic carbocycles. The lowest BCUT2D eigenvalue weighted by Crippen LogP contribution is -1.93. The summed E-state index contributed by atoms with van der Waals surface area (Å²) in [6.45, 7) is 0. The molecule has 1 aromatic rings. The fraction of sp³-hybridized carbons (Fsp3) is 0.250. The first-order valence-electron chi connectivity index (χ1n) is 3.40. The van der Waals surface area contributed by atoms with Gasteiger partial charge in [-0.1, -0.05) is 11.6 Å². The van der Waals surface area contributed by atoms with Crippen LogP contribution in [-0.2, 0) is 0 Å².